The van der Waals surface area contributed by atoms with Crippen molar-refractivity contribution in [2.75, 3.05) is 0 Å². The maximum atomic E-state index is 11.6. The number of benzene rings is 2. The summed E-state index contributed by atoms with van der Waals surface area (Å²) in [5.41, 5.74) is 0.691. The van der Waals surface area contributed by atoms with Crippen molar-refractivity contribution in [3.05, 3.63) is 47.5 Å². The minimum absolute atomic E-state index is 0.332. The quantitative estimate of drug-likeness (QED) is 0.670. The third-order valence-electron chi connectivity index (χ3n) is 2.60. The van der Waals surface area contributed by atoms with Crippen molar-refractivity contribution in [2.24, 2.45) is 10.2 Å². The van der Waals surface area contributed by atoms with Crippen LogP contribution < -0.4 is 0 Å². The summed E-state index contributed by atoms with van der Waals surface area (Å²) in [5, 5.41) is 8.30. The monoisotopic (exact) mass is 210 g/mol. The molecular weight excluding hydrogens is 204 g/mol. The smallest absolute Gasteiger partial charge is 0.265 e. The van der Waals surface area contributed by atoms with Gasteiger partial charge >= 0.3 is 0 Å². The lowest BCUT2D eigenvalue weighted by Gasteiger charge is -2.09. The number of rotatable bonds is 0. The molecule has 2 aromatic rings. The lowest BCUT2D eigenvalue weighted by Crippen LogP contribution is -2.11. The summed E-state index contributed by atoms with van der Waals surface area (Å²) in [5.74, 6) is -0.910. The highest BCUT2D eigenvalue weighted by atomic mass is 16.2. The Morgan fingerprint density at radius 1 is 0.812 bits per heavy atom. The van der Waals surface area contributed by atoms with Crippen LogP contribution >= 0.6 is 0 Å². The molecule has 0 aromatic heterocycles. The van der Waals surface area contributed by atoms with Gasteiger partial charge in [-0.15, -0.1) is 10.2 Å². The first-order valence-electron chi connectivity index (χ1n) is 4.79. The molecule has 0 atom stereocenters. The van der Waals surface area contributed by atoms with E-state index in [1.807, 2.05) is 18.2 Å². The molecule has 0 saturated carbocycles. The number of carbonyl (C=O) groups excluding carboxylic acids is 2. The lowest BCUT2D eigenvalue weighted by molar-refractivity contribution is 0.0922. The van der Waals surface area contributed by atoms with E-state index in [-0.39, 0.29) is 0 Å². The number of hydrogen-bond acceptors (Lipinski definition) is 2. The number of hydrogen-bond donors (Lipinski definition) is 0. The molecule has 2 aromatic carbocycles. The van der Waals surface area contributed by atoms with E-state index in [9.17, 15) is 9.59 Å². The maximum Gasteiger partial charge on any atom is 0.296 e. The summed E-state index contributed by atoms with van der Waals surface area (Å²) in [6.45, 7) is 0. The molecule has 1 heterocycles. The highest BCUT2D eigenvalue weighted by Gasteiger charge is 2.23. The first kappa shape index (κ1) is 8.91. The molecule has 0 unspecified atom stereocenters. The van der Waals surface area contributed by atoms with Gasteiger partial charge in [-0.1, -0.05) is 30.3 Å². The molecule has 4 nitrogen and oxygen atoms in total. The molecule has 0 fully saturated rings. The van der Waals surface area contributed by atoms with Gasteiger partial charge in [-0.2, -0.15) is 0 Å². The predicted molar refractivity (Wildman–Crippen MR) is 57.5 cm³/mol. The summed E-state index contributed by atoms with van der Waals surface area (Å²) < 4.78 is 0. The Morgan fingerprint density at radius 3 is 2.44 bits per heavy atom. The van der Waals surface area contributed by atoms with Gasteiger partial charge in [0, 0.05) is 0 Å². The zero-order chi connectivity index (χ0) is 11.1. The van der Waals surface area contributed by atoms with Crippen LogP contribution in [-0.2, 0) is 0 Å². The Labute approximate surface area is 90.6 Å². The van der Waals surface area contributed by atoms with Crippen molar-refractivity contribution in [1.29, 1.82) is 0 Å². The topological polar surface area (TPSA) is 58.9 Å². The average Bonchev–Trinajstić information content (AvgIpc) is 2.33. The molecular formula is C12H6N2O2. The first-order valence-corrected chi connectivity index (χ1v) is 4.79. The van der Waals surface area contributed by atoms with Gasteiger partial charge in [-0.05, 0) is 16.8 Å². The summed E-state index contributed by atoms with van der Waals surface area (Å²) >= 11 is 0. The molecule has 0 spiro atoms. The highest BCUT2D eigenvalue weighted by molar-refractivity contribution is 6.18. The van der Waals surface area contributed by atoms with Crippen molar-refractivity contribution in [1.82, 2.24) is 0 Å². The van der Waals surface area contributed by atoms with E-state index in [1.165, 1.54) is 0 Å². The van der Waals surface area contributed by atoms with Crippen LogP contribution in [0.3, 0.4) is 0 Å². The minimum atomic E-state index is -0.458. The van der Waals surface area contributed by atoms with Crippen LogP contribution in [0.2, 0.25) is 0 Å². The molecule has 4 heteroatoms. The Hall–Kier alpha value is -2.36. The number of carbonyl (C=O) groups is 2. The number of amides is 2. The number of azo groups is 1. The van der Waals surface area contributed by atoms with Crippen molar-refractivity contribution in [3.63, 3.8) is 0 Å². The second kappa shape index (κ2) is 3.06. The summed E-state index contributed by atoms with van der Waals surface area (Å²) in [7, 11) is 0. The minimum Gasteiger partial charge on any atom is -0.265 e. The van der Waals surface area contributed by atoms with E-state index in [1.54, 1.807) is 18.2 Å². The van der Waals surface area contributed by atoms with E-state index >= 15 is 0 Å². The fourth-order valence-electron chi connectivity index (χ4n) is 1.87. The molecule has 0 saturated heterocycles. The zero-order valence-electron chi connectivity index (χ0n) is 8.18. The fraction of sp³-hybridized carbons (Fsp3) is 0. The summed E-state index contributed by atoms with van der Waals surface area (Å²) in [6, 6.07) is 10.8. The third kappa shape index (κ3) is 1.10. The second-order valence-corrected chi connectivity index (χ2v) is 3.52. The van der Waals surface area contributed by atoms with Crippen LogP contribution in [-0.4, -0.2) is 11.8 Å². The summed E-state index contributed by atoms with van der Waals surface area (Å²) in [4.78, 5) is 23.1. The molecule has 0 radical (unpaired) electrons. The van der Waals surface area contributed by atoms with Crippen LogP contribution in [0, 0.1) is 0 Å². The summed E-state index contributed by atoms with van der Waals surface area (Å²) in [6.07, 6.45) is 0. The van der Waals surface area contributed by atoms with Crippen molar-refractivity contribution >= 4 is 22.6 Å². The van der Waals surface area contributed by atoms with Gasteiger partial charge in [0.05, 0.1) is 11.1 Å². The Balaban J connectivity index is 2.48. The van der Waals surface area contributed by atoms with E-state index in [4.69, 9.17) is 0 Å². The highest BCUT2D eigenvalue weighted by Crippen LogP contribution is 2.26. The molecule has 1 aliphatic rings. The van der Waals surface area contributed by atoms with E-state index in [2.05, 4.69) is 10.2 Å². The lowest BCUT2D eigenvalue weighted by atomic mass is 9.97. The molecule has 2 amide bonds. The van der Waals surface area contributed by atoms with Gasteiger partial charge in [0.15, 0.2) is 0 Å². The fourth-order valence-corrected chi connectivity index (χ4v) is 1.87. The van der Waals surface area contributed by atoms with Crippen molar-refractivity contribution in [2.45, 2.75) is 0 Å². The standard InChI is InChI=1S/C12H6N2O2/c15-11-9-6-5-7-3-1-2-4-8(7)10(9)12(16)14-13-11/h1-6H. The van der Waals surface area contributed by atoms with Crippen LogP contribution in [0.25, 0.3) is 10.8 Å². The zero-order valence-corrected chi connectivity index (χ0v) is 8.18. The number of nitrogens with zero attached hydrogens (tertiary/aromatic N) is 2. The second-order valence-electron chi connectivity index (χ2n) is 3.52. The Morgan fingerprint density at radius 2 is 1.56 bits per heavy atom. The van der Waals surface area contributed by atoms with Gasteiger partial charge in [0.1, 0.15) is 0 Å². The van der Waals surface area contributed by atoms with Crippen LogP contribution in [0.15, 0.2) is 46.6 Å². The number of fused-ring (bicyclic) bond motifs is 3. The third-order valence-corrected chi connectivity index (χ3v) is 2.60. The van der Waals surface area contributed by atoms with Crippen LogP contribution in [0.1, 0.15) is 20.7 Å². The Kier molecular flexibility index (Phi) is 1.71. The average molecular weight is 210 g/mol. The van der Waals surface area contributed by atoms with Gasteiger partial charge in [0.25, 0.3) is 11.8 Å². The molecule has 3 rings (SSSR count). The largest absolute Gasteiger partial charge is 0.296 e. The van der Waals surface area contributed by atoms with Gasteiger partial charge in [0.2, 0.25) is 0 Å². The molecule has 16 heavy (non-hydrogen) atoms. The maximum absolute atomic E-state index is 11.6. The predicted octanol–water partition coefficient (Wildman–Crippen LogP) is 2.59. The van der Waals surface area contributed by atoms with Gasteiger partial charge < -0.3 is 0 Å². The molecule has 1 aliphatic heterocycles. The van der Waals surface area contributed by atoms with E-state index in [0.717, 1.165) is 10.8 Å². The Bertz CT molecular complexity index is 659. The van der Waals surface area contributed by atoms with Crippen molar-refractivity contribution in [3.8, 4) is 0 Å². The molecule has 0 bridgehead atoms. The van der Waals surface area contributed by atoms with E-state index < -0.39 is 11.8 Å². The van der Waals surface area contributed by atoms with Crippen LogP contribution in [0.5, 0.6) is 0 Å². The first-order chi connectivity index (χ1) is 7.77. The van der Waals surface area contributed by atoms with Gasteiger partial charge in [-0.25, -0.2) is 0 Å². The molecule has 0 aliphatic carbocycles. The van der Waals surface area contributed by atoms with Crippen LogP contribution in [0.4, 0.5) is 0 Å². The SMILES string of the molecule is O=C1N=NC(=O)c2c1ccc1ccccc21. The normalized spacial score (nSPS) is 14.2. The van der Waals surface area contributed by atoms with Gasteiger partial charge in [-0.3, -0.25) is 9.59 Å². The van der Waals surface area contributed by atoms with E-state index in [0.29, 0.717) is 11.1 Å². The molecule has 76 valence electrons. The molecule has 0 N–H and O–H groups in total. The van der Waals surface area contributed by atoms with Crippen molar-refractivity contribution < 1.29 is 9.59 Å².